The van der Waals surface area contributed by atoms with E-state index >= 15 is 0 Å². The molecule has 1 aromatic carbocycles. The van der Waals surface area contributed by atoms with Gasteiger partial charge in [-0.05, 0) is 56.7 Å². The molecular weight excluding hydrogens is 472 g/mol. The van der Waals surface area contributed by atoms with Gasteiger partial charge in [0.05, 0.1) is 30.7 Å². The predicted molar refractivity (Wildman–Crippen MR) is 129 cm³/mol. The highest BCUT2D eigenvalue weighted by Gasteiger charge is 2.49. The van der Waals surface area contributed by atoms with Crippen LogP contribution in [0.4, 0.5) is 5.13 Å². The van der Waals surface area contributed by atoms with E-state index in [1.807, 2.05) is 6.92 Å². The third-order valence-electron chi connectivity index (χ3n) is 5.31. The van der Waals surface area contributed by atoms with Crippen molar-refractivity contribution in [2.75, 3.05) is 18.1 Å². The molecule has 1 aliphatic heterocycles. The number of aliphatic hydroxyl groups excluding tert-OH is 1. The molecule has 35 heavy (non-hydrogen) atoms. The number of carbonyl (C=O) groups is 3. The number of nitrogens with zero attached hydrogens (tertiary/aromatic N) is 2. The summed E-state index contributed by atoms with van der Waals surface area (Å²) in [6.07, 6.45) is 2.26. The smallest absolute Gasteiger partial charge is 0.350 e. The van der Waals surface area contributed by atoms with Gasteiger partial charge in [0.1, 0.15) is 28.2 Å². The summed E-state index contributed by atoms with van der Waals surface area (Å²) in [5.74, 6) is -1.81. The summed E-state index contributed by atoms with van der Waals surface area (Å²) in [5.41, 5.74) is 0.565. The molecule has 1 aliphatic rings. The molecule has 0 spiro atoms. The van der Waals surface area contributed by atoms with Crippen LogP contribution < -0.4 is 9.64 Å². The summed E-state index contributed by atoms with van der Waals surface area (Å²) >= 11 is 0.936. The molecule has 1 atom stereocenters. The second-order valence-corrected chi connectivity index (χ2v) is 8.67. The van der Waals surface area contributed by atoms with Gasteiger partial charge < -0.3 is 19.0 Å². The maximum Gasteiger partial charge on any atom is 0.350 e. The van der Waals surface area contributed by atoms with Crippen LogP contribution >= 0.6 is 11.3 Å². The average molecular weight is 497 g/mol. The highest BCUT2D eigenvalue weighted by atomic mass is 32.1. The van der Waals surface area contributed by atoms with Gasteiger partial charge in [-0.25, -0.2) is 9.78 Å². The van der Waals surface area contributed by atoms with Crippen LogP contribution in [0.3, 0.4) is 0 Å². The molecule has 1 amide bonds. The fourth-order valence-electron chi connectivity index (χ4n) is 3.70. The molecular formula is C25H24N2O7S. The highest BCUT2D eigenvalue weighted by Crippen LogP contribution is 2.44. The molecule has 0 unspecified atom stereocenters. The van der Waals surface area contributed by atoms with Crippen molar-refractivity contribution in [2.45, 2.75) is 33.2 Å². The molecule has 3 aromatic rings. The lowest BCUT2D eigenvalue weighted by Crippen LogP contribution is -2.29. The second-order valence-electron chi connectivity index (χ2n) is 7.69. The number of carbonyl (C=O) groups excluding carboxylic acids is 3. The Morgan fingerprint density at radius 1 is 1.20 bits per heavy atom. The molecule has 0 radical (unpaired) electrons. The second kappa shape index (κ2) is 10.1. The summed E-state index contributed by atoms with van der Waals surface area (Å²) in [6, 6.07) is 8.73. The summed E-state index contributed by atoms with van der Waals surface area (Å²) in [5, 5.41) is 11.3. The van der Waals surface area contributed by atoms with E-state index in [0.29, 0.717) is 23.6 Å². The van der Waals surface area contributed by atoms with Crippen LogP contribution in [0.25, 0.3) is 5.76 Å². The Labute approximate surface area is 205 Å². The Morgan fingerprint density at radius 3 is 2.57 bits per heavy atom. The van der Waals surface area contributed by atoms with Gasteiger partial charge >= 0.3 is 11.9 Å². The zero-order valence-electron chi connectivity index (χ0n) is 19.4. The van der Waals surface area contributed by atoms with Crippen LogP contribution in [-0.2, 0) is 14.3 Å². The van der Waals surface area contributed by atoms with Crippen molar-refractivity contribution in [1.29, 1.82) is 0 Å². The Bertz CT molecular complexity index is 1280. The number of thiazole rings is 1. The molecule has 0 saturated carbocycles. The Hall–Kier alpha value is -3.92. The minimum absolute atomic E-state index is 0.122. The Balaban J connectivity index is 1.79. The summed E-state index contributed by atoms with van der Waals surface area (Å²) in [7, 11) is 0. The number of amides is 1. The molecule has 1 saturated heterocycles. The lowest BCUT2D eigenvalue weighted by atomic mass is 9.99. The fraction of sp³-hybridized carbons (Fsp3) is 0.280. The number of Topliss-reactive ketones (excluding diaryl/α,β-unsaturated/α-hetero) is 1. The normalized spacial score (nSPS) is 17.1. The van der Waals surface area contributed by atoms with E-state index in [2.05, 4.69) is 4.98 Å². The number of aryl methyl sites for hydroxylation is 1. The van der Waals surface area contributed by atoms with Crippen LogP contribution in [0.5, 0.6) is 5.75 Å². The molecule has 9 nitrogen and oxygen atoms in total. The Morgan fingerprint density at radius 2 is 1.94 bits per heavy atom. The molecule has 1 fully saturated rings. The van der Waals surface area contributed by atoms with Crippen molar-refractivity contribution >= 4 is 39.9 Å². The fourth-order valence-corrected chi connectivity index (χ4v) is 4.69. The number of hydrogen-bond acceptors (Lipinski definition) is 9. The first-order valence-electron chi connectivity index (χ1n) is 11.1. The summed E-state index contributed by atoms with van der Waals surface area (Å²) in [4.78, 5) is 44.3. The van der Waals surface area contributed by atoms with Gasteiger partial charge in [0.25, 0.3) is 5.78 Å². The van der Waals surface area contributed by atoms with E-state index in [1.54, 1.807) is 50.2 Å². The summed E-state index contributed by atoms with van der Waals surface area (Å²) in [6.45, 7) is 6.04. The molecule has 4 rings (SSSR count). The van der Waals surface area contributed by atoms with Gasteiger partial charge in [0.15, 0.2) is 5.13 Å². The molecule has 0 aliphatic carbocycles. The third kappa shape index (κ3) is 4.57. The third-order valence-corrected chi connectivity index (χ3v) is 6.45. The zero-order valence-corrected chi connectivity index (χ0v) is 20.3. The molecule has 0 bridgehead atoms. The number of esters is 1. The maximum absolute atomic E-state index is 13.2. The molecule has 3 heterocycles. The highest BCUT2D eigenvalue weighted by molar-refractivity contribution is 7.17. The monoisotopic (exact) mass is 496 g/mol. The largest absolute Gasteiger partial charge is 0.507 e. The van der Waals surface area contributed by atoms with Crippen LogP contribution in [0.1, 0.15) is 53.0 Å². The number of hydrogen-bond donors (Lipinski definition) is 1. The quantitative estimate of drug-likeness (QED) is 0.207. The van der Waals surface area contributed by atoms with Gasteiger partial charge in [0, 0.05) is 5.56 Å². The summed E-state index contributed by atoms with van der Waals surface area (Å²) < 4.78 is 16.2. The van der Waals surface area contributed by atoms with E-state index in [0.717, 1.165) is 22.7 Å². The van der Waals surface area contributed by atoms with Gasteiger partial charge in [-0.1, -0.05) is 18.3 Å². The topological polar surface area (TPSA) is 119 Å². The zero-order chi connectivity index (χ0) is 25.1. The van der Waals surface area contributed by atoms with Gasteiger partial charge in [0.2, 0.25) is 0 Å². The lowest BCUT2D eigenvalue weighted by molar-refractivity contribution is -0.132. The van der Waals surface area contributed by atoms with E-state index in [1.165, 1.54) is 6.26 Å². The minimum atomic E-state index is -1.07. The lowest BCUT2D eigenvalue weighted by Gasteiger charge is -2.20. The number of ketones is 1. The first-order valence-corrected chi connectivity index (χ1v) is 11.9. The van der Waals surface area contributed by atoms with Gasteiger partial charge in [-0.15, -0.1) is 0 Å². The van der Waals surface area contributed by atoms with E-state index in [4.69, 9.17) is 13.9 Å². The molecule has 182 valence electrons. The number of aromatic nitrogens is 1. The van der Waals surface area contributed by atoms with E-state index < -0.39 is 23.7 Å². The standard InChI is InChI=1S/C25H24N2O7S/c1-4-12-33-16-10-8-15(9-11-16)20(28)18-19(17-7-6-13-34-17)27(23(30)21(18)29)25-26-14(3)22(35-25)24(31)32-5-2/h6-11,13,19,28H,4-5,12H2,1-3H3/b20-18+/t19-/m0/s1. The molecule has 2 aromatic heterocycles. The van der Waals surface area contributed by atoms with Crippen molar-refractivity contribution in [3.8, 4) is 5.75 Å². The number of rotatable bonds is 8. The predicted octanol–water partition coefficient (Wildman–Crippen LogP) is 4.64. The van der Waals surface area contributed by atoms with Crippen molar-refractivity contribution < 1.29 is 33.4 Å². The van der Waals surface area contributed by atoms with Crippen molar-refractivity contribution in [3.63, 3.8) is 0 Å². The van der Waals surface area contributed by atoms with Crippen LogP contribution in [0.2, 0.25) is 0 Å². The van der Waals surface area contributed by atoms with Crippen molar-refractivity contribution in [3.05, 3.63) is 70.1 Å². The average Bonchev–Trinajstić information content (AvgIpc) is 3.57. The number of anilines is 1. The molecule has 10 heteroatoms. The van der Waals surface area contributed by atoms with Crippen LogP contribution in [0.15, 0.2) is 52.7 Å². The SMILES string of the molecule is CCCOc1ccc(/C(O)=C2\C(=O)C(=O)N(c3nc(C)c(C(=O)OCC)s3)[C@H]2c2ccco2)cc1. The van der Waals surface area contributed by atoms with E-state index in [9.17, 15) is 19.5 Å². The number of furan rings is 1. The molecule has 1 N–H and O–H groups in total. The van der Waals surface area contributed by atoms with Gasteiger partial charge in [-0.3, -0.25) is 14.5 Å². The van der Waals surface area contributed by atoms with Gasteiger partial charge in [-0.2, -0.15) is 0 Å². The first-order chi connectivity index (χ1) is 16.9. The first kappa shape index (κ1) is 24.2. The van der Waals surface area contributed by atoms with E-state index in [-0.39, 0.29) is 33.7 Å². The van der Waals surface area contributed by atoms with Crippen molar-refractivity contribution in [2.24, 2.45) is 0 Å². The van der Waals surface area contributed by atoms with Crippen LogP contribution in [-0.4, -0.2) is 41.0 Å². The number of ether oxygens (including phenoxy) is 2. The maximum atomic E-state index is 13.2. The van der Waals surface area contributed by atoms with Crippen LogP contribution in [0, 0.1) is 6.92 Å². The number of benzene rings is 1. The Kier molecular flexibility index (Phi) is 7.02. The van der Waals surface area contributed by atoms with Crippen molar-refractivity contribution in [1.82, 2.24) is 4.98 Å². The minimum Gasteiger partial charge on any atom is -0.507 e. The number of aliphatic hydroxyl groups is 1.